The van der Waals surface area contributed by atoms with Gasteiger partial charge in [-0.1, -0.05) is 19.3 Å². The fourth-order valence-corrected chi connectivity index (χ4v) is 1.86. The molecule has 0 aromatic heterocycles. The van der Waals surface area contributed by atoms with Crippen molar-refractivity contribution in [2.24, 2.45) is 0 Å². The fourth-order valence-electron chi connectivity index (χ4n) is 1.86. The average Bonchev–Trinajstić information content (AvgIpc) is 2.18. The van der Waals surface area contributed by atoms with Gasteiger partial charge in [0.15, 0.2) is 5.79 Å². The number of aliphatic hydroxyl groups is 2. The van der Waals surface area contributed by atoms with Crippen molar-refractivity contribution in [1.82, 2.24) is 0 Å². The minimum Gasteiger partial charge on any atom is -0.481 e. The first-order chi connectivity index (χ1) is 7.06. The van der Waals surface area contributed by atoms with E-state index >= 15 is 0 Å². The molecule has 1 unspecified atom stereocenters. The lowest BCUT2D eigenvalue weighted by atomic mass is 9.97. The van der Waals surface area contributed by atoms with Gasteiger partial charge in [-0.25, -0.2) is 0 Å². The summed E-state index contributed by atoms with van der Waals surface area (Å²) in [6.45, 7) is -0.685. The average molecular weight is 218 g/mol. The van der Waals surface area contributed by atoms with Crippen LogP contribution in [0.4, 0.5) is 0 Å². The van der Waals surface area contributed by atoms with Crippen LogP contribution < -0.4 is 0 Å². The van der Waals surface area contributed by atoms with Crippen LogP contribution >= 0.6 is 0 Å². The molecule has 3 N–H and O–H groups in total. The van der Waals surface area contributed by atoms with Gasteiger partial charge in [0.2, 0.25) is 0 Å². The molecule has 5 heteroatoms. The summed E-state index contributed by atoms with van der Waals surface area (Å²) in [4.78, 5) is 10.5. The molecule has 0 aromatic rings. The van der Waals surface area contributed by atoms with E-state index in [-0.39, 0.29) is 6.10 Å². The number of ether oxygens (including phenoxy) is 1. The highest BCUT2D eigenvalue weighted by atomic mass is 16.6. The van der Waals surface area contributed by atoms with Crippen molar-refractivity contribution >= 4 is 5.97 Å². The van der Waals surface area contributed by atoms with E-state index in [1.54, 1.807) is 0 Å². The lowest BCUT2D eigenvalue weighted by molar-refractivity contribution is -0.255. The summed E-state index contributed by atoms with van der Waals surface area (Å²) in [5, 5.41) is 27.2. The fraction of sp³-hybridized carbons (Fsp3) is 0.900. The maximum Gasteiger partial charge on any atom is 0.308 e. The summed E-state index contributed by atoms with van der Waals surface area (Å²) >= 11 is 0. The highest BCUT2D eigenvalue weighted by Crippen LogP contribution is 2.25. The number of aliphatic hydroxyl groups excluding tert-OH is 1. The van der Waals surface area contributed by atoms with Gasteiger partial charge < -0.3 is 20.1 Å². The van der Waals surface area contributed by atoms with Crippen molar-refractivity contribution in [3.05, 3.63) is 0 Å². The van der Waals surface area contributed by atoms with Gasteiger partial charge in [0.05, 0.1) is 12.7 Å². The molecule has 1 rings (SSSR count). The largest absolute Gasteiger partial charge is 0.481 e. The van der Waals surface area contributed by atoms with Crippen molar-refractivity contribution in [2.75, 3.05) is 6.61 Å². The molecule has 0 bridgehead atoms. The molecule has 5 nitrogen and oxygen atoms in total. The van der Waals surface area contributed by atoms with Crippen LogP contribution in [0.5, 0.6) is 0 Å². The third-order valence-electron chi connectivity index (χ3n) is 2.61. The Bertz CT molecular complexity index is 212. The Hall–Kier alpha value is -0.650. The standard InChI is InChI=1S/C10H18O5/c11-7-10(14,6-9(12)13)15-8-4-2-1-3-5-8/h8,11,14H,1-7H2,(H,12,13). The second kappa shape index (κ2) is 5.44. The van der Waals surface area contributed by atoms with Crippen LogP contribution in [0, 0.1) is 0 Å². The van der Waals surface area contributed by atoms with Crippen LogP contribution in [0.25, 0.3) is 0 Å². The second-order valence-electron chi connectivity index (χ2n) is 4.05. The number of hydrogen-bond acceptors (Lipinski definition) is 4. The summed E-state index contributed by atoms with van der Waals surface area (Å²) in [5.74, 6) is -3.10. The van der Waals surface area contributed by atoms with Gasteiger partial charge in [-0.15, -0.1) is 0 Å². The van der Waals surface area contributed by atoms with Gasteiger partial charge >= 0.3 is 5.97 Å². The number of carboxylic acid groups (broad SMARTS) is 1. The summed E-state index contributed by atoms with van der Waals surface area (Å²) in [6.07, 6.45) is 4.13. The number of hydrogen-bond donors (Lipinski definition) is 3. The van der Waals surface area contributed by atoms with Crippen molar-refractivity contribution in [3.63, 3.8) is 0 Å². The number of carboxylic acids is 1. The second-order valence-corrected chi connectivity index (χ2v) is 4.05. The first kappa shape index (κ1) is 12.4. The van der Waals surface area contributed by atoms with Crippen LogP contribution in [-0.4, -0.2) is 39.8 Å². The molecule has 0 radical (unpaired) electrons. The van der Waals surface area contributed by atoms with Gasteiger partial charge in [-0.05, 0) is 12.8 Å². The molecule has 0 aromatic carbocycles. The maximum atomic E-state index is 10.5. The molecule has 1 fully saturated rings. The summed E-state index contributed by atoms with van der Waals surface area (Å²) < 4.78 is 5.26. The molecule has 1 saturated carbocycles. The first-order valence-electron chi connectivity index (χ1n) is 5.28. The molecule has 0 aliphatic heterocycles. The Morgan fingerprint density at radius 1 is 1.33 bits per heavy atom. The summed E-state index contributed by atoms with van der Waals surface area (Å²) in [7, 11) is 0. The predicted molar refractivity (Wildman–Crippen MR) is 52.2 cm³/mol. The maximum absolute atomic E-state index is 10.5. The Kier molecular flexibility index (Phi) is 4.50. The van der Waals surface area contributed by atoms with E-state index < -0.39 is 24.8 Å². The number of carbonyl (C=O) groups is 1. The summed E-state index contributed by atoms with van der Waals surface area (Å²) in [5.41, 5.74) is 0. The quantitative estimate of drug-likeness (QED) is 0.585. The van der Waals surface area contributed by atoms with Crippen LogP contribution in [0.2, 0.25) is 0 Å². The smallest absolute Gasteiger partial charge is 0.308 e. The van der Waals surface area contributed by atoms with E-state index in [1.165, 1.54) is 0 Å². The van der Waals surface area contributed by atoms with E-state index in [1.807, 2.05) is 0 Å². The molecule has 0 amide bonds. The van der Waals surface area contributed by atoms with Crippen LogP contribution in [0.15, 0.2) is 0 Å². The van der Waals surface area contributed by atoms with Gasteiger partial charge in [0.25, 0.3) is 0 Å². The Labute approximate surface area is 88.7 Å². The van der Waals surface area contributed by atoms with E-state index in [2.05, 4.69) is 0 Å². The normalized spacial score (nSPS) is 22.3. The predicted octanol–water partition coefficient (Wildman–Crippen LogP) is 0.491. The number of aliphatic carboxylic acids is 1. The van der Waals surface area contributed by atoms with E-state index in [0.29, 0.717) is 0 Å². The van der Waals surface area contributed by atoms with Gasteiger partial charge in [-0.3, -0.25) is 4.79 Å². The van der Waals surface area contributed by atoms with Crippen molar-refractivity contribution in [2.45, 2.75) is 50.4 Å². The lowest BCUT2D eigenvalue weighted by Crippen LogP contribution is -2.42. The van der Waals surface area contributed by atoms with Gasteiger partial charge in [0.1, 0.15) is 6.42 Å². The van der Waals surface area contributed by atoms with Crippen molar-refractivity contribution < 1.29 is 24.9 Å². The Balaban J connectivity index is 2.46. The Morgan fingerprint density at radius 3 is 2.40 bits per heavy atom. The molecular weight excluding hydrogens is 200 g/mol. The molecule has 15 heavy (non-hydrogen) atoms. The first-order valence-corrected chi connectivity index (χ1v) is 5.28. The zero-order chi connectivity index (χ0) is 11.3. The molecule has 1 aliphatic carbocycles. The Morgan fingerprint density at radius 2 is 1.93 bits per heavy atom. The monoisotopic (exact) mass is 218 g/mol. The number of rotatable bonds is 5. The minimum absolute atomic E-state index is 0.129. The van der Waals surface area contributed by atoms with Crippen LogP contribution in [0.3, 0.4) is 0 Å². The van der Waals surface area contributed by atoms with Gasteiger partial charge in [0, 0.05) is 0 Å². The molecule has 1 atom stereocenters. The molecule has 1 aliphatic rings. The summed E-state index contributed by atoms with van der Waals surface area (Å²) in [6, 6.07) is 0. The van der Waals surface area contributed by atoms with Crippen LogP contribution in [0.1, 0.15) is 38.5 Å². The highest BCUT2D eigenvalue weighted by molar-refractivity contribution is 5.67. The highest BCUT2D eigenvalue weighted by Gasteiger charge is 2.33. The molecule has 0 saturated heterocycles. The minimum atomic E-state index is -1.92. The topological polar surface area (TPSA) is 87.0 Å². The van der Waals surface area contributed by atoms with E-state index in [4.69, 9.17) is 14.9 Å². The third kappa shape index (κ3) is 4.15. The van der Waals surface area contributed by atoms with E-state index in [0.717, 1.165) is 32.1 Å². The van der Waals surface area contributed by atoms with Crippen LogP contribution in [-0.2, 0) is 9.53 Å². The lowest BCUT2D eigenvalue weighted by Gasteiger charge is -2.31. The SMILES string of the molecule is O=C(O)CC(O)(CO)OC1CCCCC1. The zero-order valence-corrected chi connectivity index (χ0v) is 8.69. The molecule has 0 heterocycles. The third-order valence-corrected chi connectivity index (χ3v) is 2.61. The van der Waals surface area contributed by atoms with Crippen molar-refractivity contribution in [1.29, 1.82) is 0 Å². The molecule has 0 spiro atoms. The molecule has 88 valence electrons. The zero-order valence-electron chi connectivity index (χ0n) is 8.69. The molecular formula is C10H18O5. The van der Waals surface area contributed by atoms with Gasteiger partial charge in [-0.2, -0.15) is 0 Å². The van der Waals surface area contributed by atoms with E-state index in [9.17, 15) is 9.90 Å². The van der Waals surface area contributed by atoms with Crippen molar-refractivity contribution in [3.8, 4) is 0 Å².